The number of nitrogens with one attached hydrogen (secondary N) is 1. The fraction of sp³-hybridized carbons (Fsp3) is 0.189. The third-order valence-corrected chi connectivity index (χ3v) is 8.92. The maximum absolute atomic E-state index is 3.77. The topological polar surface area (TPSA) is 12.0 Å². The fourth-order valence-corrected chi connectivity index (χ4v) is 6.82. The van der Waals surface area contributed by atoms with E-state index in [0.717, 1.165) is 12.1 Å². The monoisotopic (exact) mass is 491 g/mol. The number of rotatable bonds is 4. The van der Waals surface area contributed by atoms with Gasteiger partial charge in [0.2, 0.25) is 0 Å². The maximum Gasteiger partial charge on any atom is 0.0420 e. The average molecular weight is 492 g/mol. The van der Waals surface area contributed by atoms with Crippen LogP contribution in [0.15, 0.2) is 109 Å². The van der Waals surface area contributed by atoms with Crippen LogP contribution in [0.5, 0.6) is 0 Å². The molecule has 38 heavy (non-hydrogen) atoms. The van der Waals surface area contributed by atoms with Gasteiger partial charge in [0.15, 0.2) is 0 Å². The van der Waals surface area contributed by atoms with Crippen molar-refractivity contribution in [2.45, 2.75) is 44.9 Å². The molecule has 0 amide bonds. The Hall–Kier alpha value is -4.10. The Kier molecular flexibility index (Phi) is 4.97. The fourth-order valence-electron chi connectivity index (χ4n) is 6.82. The van der Waals surface area contributed by atoms with E-state index in [0.29, 0.717) is 0 Å². The SMILES string of the molecule is CC1(C)c2ccccc2-c2ccc(Cc3ccccc3Nc3ccc4c(c3)C(C)(C)c3ccccc3-4)cc21. The second-order valence-electron chi connectivity index (χ2n) is 11.9. The highest BCUT2D eigenvalue weighted by Gasteiger charge is 2.36. The highest BCUT2D eigenvalue weighted by Crippen LogP contribution is 2.50. The van der Waals surface area contributed by atoms with Gasteiger partial charge in [-0.3, -0.25) is 0 Å². The second-order valence-corrected chi connectivity index (χ2v) is 11.9. The first-order valence-corrected chi connectivity index (χ1v) is 13.7. The number of para-hydroxylation sites is 1. The maximum atomic E-state index is 3.77. The van der Waals surface area contributed by atoms with Crippen LogP contribution in [0.1, 0.15) is 61.1 Å². The van der Waals surface area contributed by atoms with Gasteiger partial charge in [-0.15, -0.1) is 0 Å². The van der Waals surface area contributed by atoms with Crippen LogP contribution in [-0.2, 0) is 17.3 Å². The molecule has 7 rings (SSSR count). The molecule has 0 saturated heterocycles. The predicted molar refractivity (Wildman–Crippen MR) is 161 cm³/mol. The van der Waals surface area contributed by atoms with Crippen LogP contribution in [0.4, 0.5) is 11.4 Å². The van der Waals surface area contributed by atoms with E-state index in [1.54, 1.807) is 0 Å². The minimum atomic E-state index is -0.00205. The minimum absolute atomic E-state index is 0.00205. The lowest BCUT2D eigenvalue weighted by Crippen LogP contribution is -2.15. The van der Waals surface area contributed by atoms with Gasteiger partial charge >= 0.3 is 0 Å². The third-order valence-electron chi connectivity index (χ3n) is 8.92. The van der Waals surface area contributed by atoms with Crippen LogP contribution >= 0.6 is 0 Å². The first-order chi connectivity index (χ1) is 18.3. The van der Waals surface area contributed by atoms with Crippen molar-refractivity contribution < 1.29 is 0 Å². The van der Waals surface area contributed by atoms with Crippen molar-refractivity contribution in [2.75, 3.05) is 5.32 Å². The summed E-state index contributed by atoms with van der Waals surface area (Å²) in [7, 11) is 0. The van der Waals surface area contributed by atoms with Gasteiger partial charge in [0.05, 0.1) is 0 Å². The van der Waals surface area contributed by atoms with Gasteiger partial charge in [-0.2, -0.15) is 0 Å². The number of hydrogen-bond donors (Lipinski definition) is 1. The molecule has 186 valence electrons. The Labute approximate surface area is 226 Å². The first-order valence-electron chi connectivity index (χ1n) is 13.7. The predicted octanol–water partition coefficient (Wildman–Crippen LogP) is 9.63. The van der Waals surface area contributed by atoms with Crippen molar-refractivity contribution in [3.8, 4) is 22.3 Å². The quantitative estimate of drug-likeness (QED) is 0.264. The molecule has 1 heteroatoms. The van der Waals surface area contributed by atoms with E-state index in [4.69, 9.17) is 0 Å². The molecule has 2 aliphatic rings. The van der Waals surface area contributed by atoms with E-state index in [2.05, 4.69) is 142 Å². The van der Waals surface area contributed by atoms with Gasteiger partial charge in [0, 0.05) is 22.2 Å². The van der Waals surface area contributed by atoms with Crippen LogP contribution in [0, 0.1) is 0 Å². The Morgan fingerprint density at radius 1 is 0.500 bits per heavy atom. The summed E-state index contributed by atoms with van der Waals surface area (Å²) in [6.07, 6.45) is 0.894. The normalized spacial score (nSPS) is 15.4. The highest BCUT2D eigenvalue weighted by molar-refractivity contribution is 5.83. The number of anilines is 2. The molecule has 0 heterocycles. The molecule has 5 aromatic rings. The molecule has 0 radical (unpaired) electrons. The molecule has 0 spiro atoms. The second kappa shape index (κ2) is 8.20. The number of benzene rings is 5. The van der Waals surface area contributed by atoms with Gasteiger partial charge < -0.3 is 5.32 Å². The van der Waals surface area contributed by atoms with E-state index in [1.165, 1.54) is 61.3 Å². The summed E-state index contributed by atoms with van der Waals surface area (Å²) in [5.74, 6) is 0. The van der Waals surface area contributed by atoms with Gasteiger partial charge in [-0.05, 0) is 80.3 Å². The molecule has 0 fully saturated rings. The molecule has 1 nitrogen and oxygen atoms in total. The number of hydrogen-bond acceptors (Lipinski definition) is 1. The van der Waals surface area contributed by atoms with Crippen molar-refractivity contribution in [1.29, 1.82) is 0 Å². The van der Waals surface area contributed by atoms with Crippen LogP contribution in [0.3, 0.4) is 0 Å². The van der Waals surface area contributed by atoms with Crippen LogP contribution in [-0.4, -0.2) is 0 Å². The Balaban J connectivity index is 1.20. The van der Waals surface area contributed by atoms with E-state index < -0.39 is 0 Å². The zero-order valence-electron chi connectivity index (χ0n) is 22.6. The third kappa shape index (κ3) is 3.38. The molecule has 5 aromatic carbocycles. The minimum Gasteiger partial charge on any atom is -0.355 e. The molecular weight excluding hydrogens is 458 g/mol. The largest absolute Gasteiger partial charge is 0.355 e. The molecule has 0 saturated carbocycles. The van der Waals surface area contributed by atoms with E-state index in [9.17, 15) is 0 Å². The number of fused-ring (bicyclic) bond motifs is 6. The molecule has 0 atom stereocenters. The van der Waals surface area contributed by atoms with Gasteiger partial charge in [0.25, 0.3) is 0 Å². The van der Waals surface area contributed by atoms with E-state index in [-0.39, 0.29) is 10.8 Å². The summed E-state index contributed by atoms with van der Waals surface area (Å²) < 4.78 is 0. The van der Waals surface area contributed by atoms with Crippen LogP contribution in [0.25, 0.3) is 22.3 Å². The summed E-state index contributed by atoms with van der Waals surface area (Å²) in [5.41, 5.74) is 16.1. The van der Waals surface area contributed by atoms with Crippen LogP contribution < -0.4 is 5.32 Å². The molecule has 0 aromatic heterocycles. The van der Waals surface area contributed by atoms with E-state index in [1.807, 2.05) is 0 Å². The standard InChI is InChI=1S/C37H33N/c1-36(2)31-14-8-6-12-27(31)29-19-17-24(22-33(29)36)21-25-11-5-10-16-35(25)38-26-18-20-30-28-13-7-9-15-32(28)37(3,4)34(30)23-26/h5-20,22-23,38H,21H2,1-4H3. The summed E-state index contributed by atoms with van der Waals surface area (Å²) >= 11 is 0. The zero-order chi connectivity index (χ0) is 26.1. The summed E-state index contributed by atoms with van der Waals surface area (Å²) in [6, 6.07) is 40.3. The first kappa shape index (κ1) is 23.0. The van der Waals surface area contributed by atoms with Crippen molar-refractivity contribution in [3.63, 3.8) is 0 Å². The van der Waals surface area contributed by atoms with Gasteiger partial charge in [-0.1, -0.05) is 119 Å². The molecule has 0 bridgehead atoms. The molecule has 0 aliphatic heterocycles. The summed E-state index contributed by atoms with van der Waals surface area (Å²) in [4.78, 5) is 0. The molecule has 1 N–H and O–H groups in total. The smallest absolute Gasteiger partial charge is 0.0420 e. The van der Waals surface area contributed by atoms with Crippen LogP contribution in [0.2, 0.25) is 0 Å². The average Bonchev–Trinajstić information content (AvgIpc) is 3.30. The lowest BCUT2D eigenvalue weighted by Gasteiger charge is -2.22. The highest BCUT2D eigenvalue weighted by atomic mass is 14.9. The van der Waals surface area contributed by atoms with Gasteiger partial charge in [0.1, 0.15) is 0 Å². The van der Waals surface area contributed by atoms with E-state index >= 15 is 0 Å². The summed E-state index contributed by atoms with van der Waals surface area (Å²) in [6.45, 7) is 9.38. The Morgan fingerprint density at radius 2 is 1.03 bits per heavy atom. The van der Waals surface area contributed by atoms with Crippen molar-refractivity contribution in [3.05, 3.63) is 143 Å². The lowest BCUT2D eigenvalue weighted by molar-refractivity contribution is 0.659. The zero-order valence-corrected chi connectivity index (χ0v) is 22.6. The van der Waals surface area contributed by atoms with Crippen molar-refractivity contribution in [2.24, 2.45) is 0 Å². The van der Waals surface area contributed by atoms with Crippen molar-refractivity contribution >= 4 is 11.4 Å². The Morgan fingerprint density at radius 3 is 1.71 bits per heavy atom. The summed E-state index contributed by atoms with van der Waals surface area (Å²) in [5, 5.41) is 3.77. The van der Waals surface area contributed by atoms with Crippen molar-refractivity contribution in [1.82, 2.24) is 0 Å². The van der Waals surface area contributed by atoms with Gasteiger partial charge in [-0.25, -0.2) is 0 Å². The molecule has 0 unspecified atom stereocenters. The molecular formula is C37H33N. The lowest BCUT2D eigenvalue weighted by atomic mass is 9.81. The molecule has 2 aliphatic carbocycles. The Bertz CT molecular complexity index is 1590.